The lowest BCUT2D eigenvalue weighted by Gasteiger charge is -2.29. The molecule has 0 unspecified atom stereocenters. The number of para-hydroxylation sites is 1. The summed E-state index contributed by atoms with van der Waals surface area (Å²) in [5.74, 6) is 1.77. The molecular weight excluding hydrogens is 276 g/mol. The zero-order chi connectivity index (χ0) is 15.7. The molecule has 0 aliphatic carbocycles. The van der Waals surface area contributed by atoms with Crippen LogP contribution in [-0.4, -0.2) is 26.3 Å². The Hall–Kier alpha value is -2.20. The first kappa shape index (κ1) is 14.7. The minimum atomic E-state index is 0.00695. The molecule has 0 aromatic heterocycles. The van der Waals surface area contributed by atoms with Crippen LogP contribution in [0, 0.1) is 13.8 Å². The molecule has 4 nitrogen and oxygen atoms in total. The van der Waals surface area contributed by atoms with Crippen molar-refractivity contribution in [1.29, 1.82) is 0 Å². The van der Waals surface area contributed by atoms with Gasteiger partial charge in [0.15, 0.2) is 5.75 Å². The van der Waals surface area contributed by atoms with Crippen LogP contribution in [0.5, 0.6) is 11.5 Å². The predicted octanol–water partition coefficient (Wildman–Crippen LogP) is 3.11. The fourth-order valence-electron chi connectivity index (χ4n) is 3.03. The molecule has 0 bridgehead atoms. The highest BCUT2D eigenvalue weighted by Crippen LogP contribution is 2.42. The Morgan fingerprint density at radius 3 is 2.64 bits per heavy atom. The number of anilines is 1. The number of aryl methyl sites for hydroxylation is 2. The molecule has 1 heterocycles. The van der Waals surface area contributed by atoms with Crippen molar-refractivity contribution in [2.24, 2.45) is 5.73 Å². The van der Waals surface area contributed by atoms with Gasteiger partial charge in [-0.1, -0.05) is 12.1 Å². The normalized spacial score (nSPS) is 16.5. The van der Waals surface area contributed by atoms with Crippen molar-refractivity contribution in [3.63, 3.8) is 0 Å². The first-order valence-electron chi connectivity index (χ1n) is 7.53. The first-order valence-corrected chi connectivity index (χ1v) is 7.53. The molecule has 0 spiro atoms. The molecule has 0 saturated heterocycles. The summed E-state index contributed by atoms with van der Waals surface area (Å²) in [6.07, 6.45) is 0.00695. The predicted molar refractivity (Wildman–Crippen MR) is 89.9 cm³/mol. The Morgan fingerprint density at radius 1 is 1.27 bits per heavy atom. The van der Waals surface area contributed by atoms with Gasteiger partial charge >= 0.3 is 0 Å². The van der Waals surface area contributed by atoms with E-state index in [-0.39, 0.29) is 6.10 Å². The molecule has 22 heavy (non-hydrogen) atoms. The summed E-state index contributed by atoms with van der Waals surface area (Å²) in [5.41, 5.74) is 11.4. The quantitative estimate of drug-likeness (QED) is 0.914. The average molecular weight is 298 g/mol. The molecule has 0 amide bonds. The van der Waals surface area contributed by atoms with Gasteiger partial charge in [-0.3, -0.25) is 0 Å². The molecule has 4 heteroatoms. The number of methoxy groups -OCH3 is 1. The highest BCUT2D eigenvalue weighted by molar-refractivity contribution is 5.82. The molecule has 0 radical (unpaired) electrons. The summed E-state index contributed by atoms with van der Waals surface area (Å²) < 4.78 is 11.5. The van der Waals surface area contributed by atoms with E-state index in [4.69, 9.17) is 15.2 Å². The van der Waals surface area contributed by atoms with Crippen LogP contribution in [-0.2, 0) is 0 Å². The van der Waals surface area contributed by atoms with Crippen molar-refractivity contribution < 1.29 is 9.47 Å². The largest absolute Gasteiger partial charge is 0.497 e. The van der Waals surface area contributed by atoms with E-state index < -0.39 is 0 Å². The smallest absolute Gasteiger partial charge is 0.150 e. The molecule has 1 aliphatic heterocycles. The molecule has 2 aromatic rings. The van der Waals surface area contributed by atoms with E-state index in [1.807, 2.05) is 6.07 Å². The fraction of sp³-hybridized carbons (Fsp3) is 0.333. The van der Waals surface area contributed by atoms with Gasteiger partial charge in [-0.25, -0.2) is 0 Å². The van der Waals surface area contributed by atoms with Gasteiger partial charge in [-0.15, -0.1) is 0 Å². The van der Waals surface area contributed by atoms with Crippen LogP contribution in [0.2, 0.25) is 0 Å². The van der Waals surface area contributed by atoms with Crippen LogP contribution in [0.3, 0.4) is 0 Å². The number of benzene rings is 2. The average Bonchev–Trinajstić information content (AvgIpc) is 2.53. The zero-order valence-electron chi connectivity index (χ0n) is 13.3. The van der Waals surface area contributed by atoms with E-state index in [0.29, 0.717) is 6.54 Å². The molecule has 1 atom stereocenters. The Kier molecular flexibility index (Phi) is 3.94. The third-order valence-electron chi connectivity index (χ3n) is 4.09. The number of nitrogens with one attached hydrogen (secondary N) is 1. The SMILES string of the molecule is COc1cc(C)c(-c2cccc3c2O[C@H](CN)CN3)c(C)c1. The van der Waals surface area contributed by atoms with Gasteiger partial charge in [-0.05, 0) is 48.7 Å². The van der Waals surface area contributed by atoms with E-state index >= 15 is 0 Å². The molecule has 3 N–H and O–H groups in total. The van der Waals surface area contributed by atoms with E-state index in [1.165, 1.54) is 16.7 Å². The van der Waals surface area contributed by atoms with Gasteiger partial charge in [0.25, 0.3) is 0 Å². The number of ether oxygens (including phenoxy) is 2. The fourth-order valence-corrected chi connectivity index (χ4v) is 3.03. The first-order chi connectivity index (χ1) is 10.6. The van der Waals surface area contributed by atoms with Crippen molar-refractivity contribution in [3.05, 3.63) is 41.5 Å². The monoisotopic (exact) mass is 298 g/mol. The maximum atomic E-state index is 6.11. The van der Waals surface area contributed by atoms with Crippen molar-refractivity contribution in [2.45, 2.75) is 20.0 Å². The Bertz CT molecular complexity index is 674. The maximum absolute atomic E-state index is 6.11. The van der Waals surface area contributed by atoms with Gasteiger partial charge in [0.2, 0.25) is 0 Å². The Labute approximate surface area is 131 Å². The number of fused-ring (bicyclic) bond motifs is 1. The Balaban J connectivity index is 2.14. The van der Waals surface area contributed by atoms with Crippen molar-refractivity contribution in [2.75, 3.05) is 25.5 Å². The van der Waals surface area contributed by atoms with E-state index in [2.05, 4.69) is 43.4 Å². The van der Waals surface area contributed by atoms with Gasteiger partial charge in [0.05, 0.1) is 19.3 Å². The van der Waals surface area contributed by atoms with E-state index in [1.54, 1.807) is 7.11 Å². The van der Waals surface area contributed by atoms with Gasteiger partial charge in [0.1, 0.15) is 11.9 Å². The maximum Gasteiger partial charge on any atom is 0.150 e. The number of hydrogen-bond donors (Lipinski definition) is 2. The summed E-state index contributed by atoms with van der Waals surface area (Å²) in [7, 11) is 1.69. The van der Waals surface area contributed by atoms with E-state index in [0.717, 1.165) is 29.3 Å². The van der Waals surface area contributed by atoms with Crippen molar-refractivity contribution >= 4 is 5.69 Å². The van der Waals surface area contributed by atoms with Crippen LogP contribution in [0.25, 0.3) is 11.1 Å². The van der Waals surface area contributed by atoms with Crippen LogP contribution in [0.1, 0.15) is 11.1 Å². The second-order valence-corrected chi connectivity index (χ2v) is 5.67. The van der Waals surface area contributed by atoms with Crippen LogP contribution in [0.4, 0.5) is 5.69 Å². The van der Waals surface area contributed by atoms with Gasteiger partial charge in [-0.2, -0.15) is 0 Å². The van der Waals surface area contributed by atoms with Gasteiger partial charge in [0, 0.05) is 12.1 Å². The second kappa shape index (κ2) is 5.89. The van der Waals surface area contributed by atoms with Crippen molar-refractivity contribution in [3.8, 4) is 22.6 Å². The standard InChI is InChI=1S/C18H22N2O2/c1-11-7-13(21-3)8-12(2)17(11)15-5-4-6-16-18(15)22-14(9-19)10-20-16/h4-8,14,20H,9-10,19H2,1-3H3/t14-/m1/s1. The van der Waals surface area contributed by atoms with Crippen LogP contribution in [0.15, 0.2) is 30.3 Å². The molecule has 0 fully saturated rings. The lowest BCUT2D eigenvalue weighted by atomic mass is 9.93. The number of hydrogen-bond acceptors (Lipinski definition) is 4. The summed E-state index contributed by atoms with van der Waals surface area (Å²) >= 11 is 0. The minimum Gasteiger partial charge on any atom is -0.497 e. The third kappa shape index (κ3) is 2.50. The van der Waals surface area contributed by atoms with Gasteiger partial charge < -0.3 is 20.5 Å². The summed E-state index contributed by atoms with van der Waals surface area (Å²) in [4.78, 5) is 0. The Morgan fingerprint density at radius 2 is 2.00 bits per heavy atom. The second-order valence-electron chi connectivity index (χ2n) is 5.67. The molecular formula is C18H22N2O2. The molecule has 116 valence electrons. The van der Waals surface area contributed by atoms with E-state index in [9.17, 15) is 0 Å². The van der Waals surface area contributed by atoms with Crippen LogP contribution < -0.4 is 20.5 Å². The highest BCUT2D eigenvalue weighted by Gasteiger charge is 2.22. The summed E-state index contributed by atoms with van der Waals surface area (Å²) in [6, 6.07) is 10.3. The molecule has 3 rings (SSSR count). The van der Waals surface area contributed by atoms with Crippen LogP contribution >= 0.6 is 0 Å². The van der Waals surface area contributed by atoms with Crippen molar-refractivity contribution in [1.82, 2.24) is 0 Å². The summed E-state index contributed by atoms with van der Waals surface area (Å²) in [6.45, 7) is 5.44. The lowest BCUT2D eigenvalue weighted by Crippen LogP contribution is -2.37. The molecule has 1 aliphatic rings. The highest BCUT2D eigenvalue weighted by atomic mass is 16.5. The lowest BCUT2D eigenvalue weighted by molar-refractivity contribution is 0.215. The summed E-state index contributed by atoms with van der Waals surface area (Å²) in [5, 5.41) is 3.41. The molecule has 2 aromatic carbocycles. The third-order valence-corrected chi connectivity index (χ3v) is 4.09. The molecule has 0 saturated carbocycles. The minimum absolute atomic E-state index is 0.00695. The topological polar surface area (TPSA) is 56.5 Å². The zero-order valence-corrected chi connectivity index (χ0v) is 13.3. The number of rotatable bonds is 3. The number of nitrogens with two attached hydrogens (primary N) is 1.